The van der Waals surface area contributed by atoms with Crippen LogP contribution in [0.1, 0.15) is 46.0 Å². The molecule has 0 bridgehead atoms. The fourth-order valence-electron chi connectivity index (χ4n) is 1.21. The summed E-state index contributed by atoms with van der Waals surface area (Å²) in [6, 6.07) is 0. The van der Waals surface area contributed by atoms with E-state index in [1.807, 2.05) is 0 Å². The van der Waals surface area contributed by atoms with Gasteiger partial charge in [-0.1, -0.05) is 51.5 Å². The highest BCUT2D eigenvalue weighted by atomic mass is 32.2. The minimum atomic E-state index is 0.884. The molecule has 0 aliphatic rings. The van der Waals surface area contributed by atoms with E-state index < -0.39 is 0 Å². The van der Waals surface area contributed by atoms with Crippen molar-refractivity contribution in [2.75, 3.05) is 12.8 Å². The van der Waals surface area contributed by atoms with E-state index in [0.29, 0.717) is 0 Å². The fraction of sp³-hybridized carbons (Fsp3) is 1.00. The Morgan fingerprint density at radius 2 is 1.75 bits per heavy atom. The lowest BCUT2D eigenvalue weighted by Crippen LogP contribution is -2.03. The maximum absolute atomic E-state index is 3.26. The van der Waals surface area contributed by atoms with Crippen LogP contribution in [0.2, 0.25) is 0 Å². The Balaban J connectivity index is 2.82. The standard InChI is InChI=1S/C10H23NS/c1-10(2)8-6-4-5-7-9-11-12-3/h10-11H,4-9H2,1-3H3. The van der Waals surface area contributed by atoms with Crippen LogP contribution in [-0.2, 0) is 0 Å². The van der Waals surface area contributed by atoms with E-state index in [1.165, 1.54) is 38.6 Å². The maximum atomic E-state index is 3.26. The summed E-state index contributed by atoms with van der Waals surface area (Å²) in [7, 11) is 0. The molecule has 0 aromatic heterocycles. The Kier molecular flexibility index (Phi) is 9.64. The van der Waals surface area contributed by atoms with Crippen LogP contribution in [0.5, 0.6) is 0 Å². The second kappa shape index (κ2) is 9.40. The van der Waals surface area contributed by atoms with Gasteiger partial charge in [0.1, 0.15) is 0 Å². The van der Waals surface area contributed by atoms with Crippen molar-refractivity contribution in [2.24, 2.45) is 5.92 Å². The van der Waals surface area contributed by atoms with Crippen molar-refractivity contribution in [1.29, 1.82) is 0 Å². The molecule has 74 valence electrons. The maximum Gasteiger partial charge on any atom is 0.00584 e. The van der Waals surface area contributed by atoms with Crippen LogP contribution in [0.4, 0.5) is 0 Å². The van der Waals surface area contributed by atoms with Gasteiger partial charge in [-0.15, -0.1) is 0 Å². The smallest absolute Gasteiger partial charge is 0.00584 e. The zero-order valence-electron chi connectivity index (χ0n) is 8.73. The van der Waals surface area contributed by atoms with Crippen LogP contribution in [0.3, 0.4) is 0 Å². The Labute approximate surface area is 81.8 Å². The summed E-state index contributed by atoms with van der Waals surface area (Å²) in [5.41, 5.74) is 0. The van der Waals surface area contributed by atoms with Crippen LogP contribution >= 0.6 is 11.9 Å². The van der Waals surface area contributed by atoms with Gasteiger partial charge < -0.3 is 0 Å². The van der Waals surface area contributed by atoms with Gasteiger partial charge in [-0.3, -0.25) is 4.72 Å². The molecule has 0 radical (unpaired) electrons. The van der Waals surface area contributed by atoms with Crippen molar-refractivity contribution in [1.82, 2.24) is 4.72 Å². The summed E-state index contributed by atoms with van der Waals surface area (Å²) in [6.07, 6.45) is 9.03. The van der Waals surface area contributed by atoms with Gasteiger partial charge in [-0.25, -0.2) is 0 Å². The van der Waals surface area contributed by atoms with Crippen molar-refractivity contribution in [3.05, 3.63) is 0 Å². The molecule has 0 amide bonds. The zero-order valence-corrected chi connectivity index (χ0v) is 9.54. The normalized spacial score (nSPS) is 11.0. The fourth-order valence-corrected chi connectivity index (χ4v) is 1.55. The minimum absolute atomic E-state index is 0.884. The Hall–Kier alpha value is 0.310. The van der Waals surface area contributed by atoms with Crippen molar-refractivity contribution in [3.8, 4) is 0 Å². The third-order valence-corrected chi connectivity index (χ3v) is 2.45. The molecular weight excluding hydrogens is 166 g/mol. The minimum Gasteiger partial charge on any atom is -0.264 e. The van der Waals surface area contributed by atoms with E-state index in [1.54, 1.807) is 11.9 Å². The molecule has 0 atom stereocenters. The molecule has 1 nitrogen and oxygen atoms in total. The van der Waals surface area contributed by atoms with Crippen LogP contribution in [0.15, 0.2) is 0 Å². The van der Waals surface area contributed by atoms with Gasteiger partial charge >= 0.3 is 0 Å². The van der Waals surface area contributed by atoms with Gasteiger partial charge in [0.15, 0.2) is 0 Å². The molecular formula is C10H23NS. The highest BCUT2D eigenvalue weighted by molar-refractivity contribution is 7.96. The summed E-state index contributed by atoms with van der Waals surface area (Å²) in [6.45, 7) is 5.77. The molecule has 0 spiro atoms. The van der Waals surface area contributed by atoms with Crippen LogP contribution in [0.25, 0.3) is 0 Å². The molecule has 0 aromatic rings. The lowest BCUT2D eigenvalue weighted by Gasteiger charge is -2.04. The third-order valence-electron chi connectivity index (χ3n) is 1.95. The lowest BCUT2D eigenvalue weighted by molar-refractivity contribution is 0.520. The van der Waals surface area contributed by atoms with Crippen LogP contribution < -0.4 is 4.72 Å². The SMILES string of the molecule is CSNCCCCCCC(C)C. The molecule has 0 unspecified atom stereocenters. The molecule has 0 rings (SSSR count). The number of hydrogen-bond acceptors (Lipinski definition) is 2. The topological polar surface area (TPSA) is 12.0 Å². The number of nitrogens with one attached hydrogen (secondary N) is 1. The van der Waals surface area contributed by atoms with Gasteiger partial charge in [0.05, 0.1) is 0 Å². The molecule has 2 heteroatoms. The van der Waals surface area contributed by atoms with Crippen molar-refractivity contribution < 1.29 is 0 Å². The molecule has 0 aliphatic heterocycles. The van der Waals surface area contributed by atoms with Gasteiger partial charge in [0.2, 0.25) is 0 Å². The summed E-state index contributed by atoms with van der Waals surface area (Å²) < 4.78 is 3.26. The van der Waals surface area contributed by atoms with Gasteiger partial charge in [-0.2, -0.15) is 0 Å². The third kappa shape index (κ3) is 10.3. The predicted molar refractivity (Wildman–Crippen MR) is 59.4 cm³/mol. The van der Waals surface area contributed by atoms with E-state index in [2.05, 4.69) is 24.8 Å². The highest BCUT2D eigenvalue weighted by Gasteiger charge is 1.93. The molecule has 0 aromatic carbocycles. The average Bonchev–Trinajstić information content (AvgIpc) is 2.02. The first-order valence-corrected chi connectivity index (χ1v) is 6.25. The molecule has 12 heavy (non-hydrogen) atoms. The van der Waals surface area contributed by atoms with E-state index >= 15 is 0 Å². The first-order chi connectivity index (χ1) is 5.77. The van der Waals surface area contributed by atoms with E-state index in [9.17, 15) is 0 Å². The van der Waals surface area contributed by atoms with E-state index in [4.69, 9.17) is 0 Å². The largest absolute Gasteiger partial charge is 0.264 e. The summed E-state index contributed by atoms with van der Waals surface area (Å²) in [4.78, 5) is 0. The molecule has 0 saturated carbocycles. The molecule has 0 aliphatic carbocycles. The zero-order chi connectivity index (χ0) is 9.23. The van der Waals surface area contributed by atoms with Crippen molar-refractivity contribution >= 4 is 11.9 Å². The average molecular weight is 189 g/mol. The second-order valence-corrected chi connectivity index (χ2v) is 4.39. The molecule has 0 fully saturated rings. The number of unbranched alkanes of at least 4 members (excludes halogenated alkanes) is 3. The first-order valence-electron chi connectivity index (χ1n) is 5.03. The Morgan fingerprint density at radius 3 is 2.33 bits per heavy atom. The highest BCUT2D eigenvalue weighted by Crippen LogP contribution is 2.08. The van der Waals surface area contributed by atoms with Crippen molar-refractivity contribution in [2.45, 2.75) is 46.0 Å². The second-order valence-electron chi connectivity index (χ2n) is 3.70. The van der Waals surface area contributed by atoms with E-state index in [-0.39, 0.29) is 0 Å². The quantitative estimate of drug-likeness (QED) is 0.463. The Morgan fingerprint density at radius 1 is 1.08 bits per heavy atom. The monoisotopic (exact) mass is 189 g/mol. The van der Waals surface area contributed by atoms with Gasteiger partial charge in [-0.05, 0) is 18.6 Å². The first kappa shape index (κ1) is 12.3. The molecule has 0 heterocycles. The van der Waals surface area contributed by atoms with Crippen molar-refractivity contribution in [3.63, 3.8) is 0 Å². The van der Waals surface area contributed by atoms with Gasteiger partial charge in [0, 0.05) is 6.54 Å². The molecule has 0 saturated heterocycles. The number of rotatable bonds is 8. The molecule has 1 N–H and O–H groups in total. The van der Waals surface area contributed by atoms with Crippen LogP contribution in [-0.4, -0.2) is 12.8 Å². The van der Waals surface area contributed by atoms with E-state index in [0.717, 1.165) is 5.92 Å². The Bertz CT molecular complexity index is 83.9. The number of hydrogen-bond donors (Lipinski definition) is 1. The summed E-state index contributed by atoms with van der Waals surface area (Å²) >= 11 is 1.72. The summed E-state index contributed by atoms with van der Waals surface area (Å²) in [5.74, 6) is 0.884. The van der Waals surface area contributed by atoms with Gasteiger partial charge in [0.25, 0.3) is 0 Å². The summed E-state index contributed by atoms with van der Waals surface area (Å²) in [5, 5.41) is 0. The van der Waals surface area contributed by atoms with Crippen LogP contribution in [0, 0.1) is 5.92 Å². The lowest BCUT2D eigenvalue weighted by atomic mass is 10.0. The predicted octanol–water partition coefficient (Wildman–Crippen LogP) is 3.46.